The van der Waals surface area contributed by atoms with Crippen molar-refractivity contribution in [1.29, 1.82) is 0 Å². The van der Waals surface area contributed by atoms with E-state index in [0.717, 1.165) is 0 Å². The molecular weight excluding hydrogens is 178 g/mol. The van der Waals surface area contributed by atoms with Crippen LogP contribution < -0.4 is 0 Å². The van der Waals surface area contributed by atoms with Gasteiger partial charge in [-0.2, -0.15) is 0 Å². The third-order valence-electron chi connectivity index (χ3n) is 1.62. The van der Waals surface area contributed by atoms with Gasteiger partial charge in [0.25, 0.3) is 0 Å². The molecule has 70 valence electrons. The van der Waals surface area contributed by atoms with E-state index in [2.05, 4.69) is 0 Å². The summed E-state index contributed by atoms with van der Waals surface area (Å²) in [7, 11) is 0. The van der Waals surface area contributed by atoms with Crippen molar-refractivity contribution in [3.8, 4) is 0 Å². The molecule has 0 unspecified atom stereocenters. The molecule has 0 amide bonds. The number of aromatic carboxylic acids is 1. The first-order chi connectivity index (χ1) is 6.11. The van der Waals surface area contributed by atoms with E-state index in [0.29, 0.717) is 0 Å². The van der Waals surface area contributed by atoms with E-state index in [1.165, 1.54) is 18.2 Å². The Morgan fingerprint density at radius 1 is 1.38 bits per heavy atom. The molecule has 0 saturated heterocycles. The molecule has 0 radical (unpaired) electrons. The summed E-state index contributed by atoms with van der Waals surface area (Å²) in [5.41, 5.74) is 0.118. The maximum Gasteiger partial charge on any atom is 0.335 e. The fourth-order valence-corrected chi connectivity index (χ4v) is 1.07. The second-order valence-corrected chi connectivity index (χ2v) is 2.56. The summed E-state index contributed by atoms with van der Waals surface area (Å²) < 4.78 is 23.9. The number of carboxylic acids is 1. The third-order valence-corrected chi connectivity index (χ3v) is 1.62. The van der Waals surface area contributed by atoms with Crippen LogP contribution in [0.25, 0.3) is 0 Å². The molecule has 13 heavy (non-hydrogen) atoms. The molecule has 2 nitrogen and oxygen atoms in total. The van der Waals surface area contributed by atoms with Gasteiger partial charge in [0.15, 0.2) is 0 Å². The molecule has 1 aromatic carbocycles. The molecule has 0 aliphatic heterocycles. The number of hydrogen-bond acceptors (Lipinski definition) is 1. The van der Waals surface area contributed by atoms with Crippen molar-refractivity contribution in [3.63, 3.8) is 0 Å². The van der Waals surface area contributed by atoms with E-state index in [-0.39, 0.29) is 11.1 Å². The topological polar surface area (TPSA) is 37.3 Å². The van der Waals surface area contributed by atoms with Crippen molar-refractivity contribution in [2.45, 2.75) is 12.8 Å². The quantitative estimate of drug-likeness (QED) is 0.785. The highest BCUT2D eigenvalue weighted by Crippen LogP contribution is 2.13. The van der Waals surface area contributed by atoms with E-state index < -0.39 is 18.8 Å². The van der Waals surface area contributed by atoms with Crippen LogP contribution in [0.2, 0.25) is 0 Å². The van der Waals surface area contributed by atoms with E-state index >= 15 is 0 Å². The smallest absolute Gasteiger partial charge is 0.335 e. The lowest BCUT2D eigenvalue weighted by Gasteiger charge is -2.03. The summed E-state index contributed by atoms with van der Waals surface area (Å²) in [4.78, 5) is 10.6. The second kappa shape index (κ2) is 3.98. The zero-order chi connectivity index (χ0) is 9.84. The van der Waals surface area contributed by atoms with Gasteiger partial charge in [-0.25, -0.2) is 13.6 Å². The summed E-state index contributed by atoms with van der Waals surface area (Å²) in [6.07, 6.45) is -3.02. The molecule has 0 aliphatic carbocycles. The van der Waals surface area contributed by atoms with Crippen molar-refractivity contribution in [1.82, 2.24) is 0 Å². The van der Waals surface area contributed by atoms with Gasteiger partial charge in [0, 0.05) is 6.42 Å². The Labute approximate surface area is 73.8 Å². The zero-order valence-electron chi connectivity index (χ0n) is 6.71. The van der Waals surface area contributed by atoms with Gasteiger partial charge in [-0.1, -0.05) is 18.2 Å². The number of carboxylic acid groups (broad SMARTS) is 1. The van der Waals surface area contributed by atoms with E-state index in [4.69, 9.17) is 5.11 Å². The highest BCUT2D eigenvalue weighted by Gasteiger charge is 2.12. The van der Waals surface area contributed by atoms with Gasteiger partial charge >= 0.3 is 5.97 Å². The maximum absolute atomic E-state index is 12.0. The highest BCUT2D eigenvalue weighted by molar-refractivity contribution is 5.89. The van der Waals surface area contributed by atoms with Crippen LogP contribution in [0.4, 0.5) is 8.78 Å². The Hall–Kier alpha value is -1.45. The summed E-state index contributed by atoms with van der Waals surface area (Å²) >= 11 is 0. The monoisotopic (exact) mass is 186 g/mol. The first-order valence-corrected chi connectivity index (χ1v) is 3.70. The summed E-state index contributed by atoms with van der Waals surface area (Å²) in [5, 5.41) is 8.63. The Morgan fingerprint density at radius 3 is 2.54 bits per heavy atom. The number of halogens is 2. The van der Waals surface area contributed by atoms with Crippen LogP contribution in [-0.4, -0.2) is 17.5 Å². The van der Waals surface area contributed by atoms with Gasteiger partial charge in [0.2, 0.25) is 6.43 Å². The molecule has 0 heterocycles. The standard InChI is InChI=1S/C9H8F2O2/c10-8(11)5-6-3-1-2-4-7(6)9(12)13/h1-4,8H,5H2,(H,12,13). The molecule has 1 aromatic rings. The lowest BCUT2D eigenvalue weighted by molar-refractivity contribution is 0.0694. The fourth-order valence-electron chi connectivity index (χ4n) is 1.07. The van der Waals surface area contributed by atoms with Crippen molar-refractivity contribution in [2.24, 2.45) is 0 Å². The van der Waals surface area contributed by atoms with Crippen LogP contribution in [0.15, 0.2) is 24.3 Å². The normalized spacial score (nSPS) is 10.4. The molecule has 0 saturated carbocycles. The Kier molecular flexibility index (Phi) is 2.95. The number of carbonyl (C=O) groups is 1. The lowest BCUT2D eigenvalue weighted by atomic mass is 10.1. The van der Waals surface area contributed by atoms with Gasteiger partial charge in [0.1, 0.15) is 0 Å². The van der Waals surface area contributed by atoms with Crippen molar-refractivity contribution in [3.05, 3.63) is 35.4 Å². The maximum atomic E-state index is 12.0. The predicted molar refractivity (Wildman–Crippen MR) is 43.1 cm³/mol. The minimum atomic E-state index is -2.51. The van der Waals surface area contributed by atoms with Crippen molar-refractivity contribution in [2.75, 3.05) is 0 Å². The summed E-state index contributed by atoms with van der Waals surface area (Å²) in [6.45, 7) is 0. The number of alkyl halides is 2. The van der Waals surface area contributed by atoms with Gasteiger partial charge in [-0.15, -0.1) is 0 Å². The van der Waals surface area contributed by atoms with Gasteiger partial charge in [0.05, 0.1) is 5.56 Å². The minimum Gasteiger partial charge on any atom is -0.478 e. The van der Waals surface area contributed by atoms with Gasteiger partial charge < -0.3 is 5.11 Å². The first-order valence-electron chi connectivity index (χ1n) is 3.70. The summed E-state index contributed by atoms with van der Waals surface area (Å²) in [6, 6.07) is 5.78. The zero-order valence-corrected chi connectivity index (χ0v) is 6.71. The molecule has 0 atom stereocenters. The molecule has 1 N–H and O–H groups in total. The molecule has 0 aromatic heterocycles. The number of benzene rings is 1. The average molecular weight is 186 g/mol. The third kappa shape index (κ3) is 2.50. The highest BCUT2D eigenvalue weighted by atomic mass is 19.3. The fraction of sp³-hybridized carbons (Fsp3) is 0.222. The van der Waals surface area contributed by atoms with Crippen LogP contribution in [0.5, 0.6) is 0 Å². The predicted octanol–water partition coefficient (Wildman–Crippen LogP) is 2.19. The Balaban J connectivity index is 2.98. The first kappa shape index (κ1) is 9.64. The SMILES string of the molecule is O=C(O)c1ccccc1CC(F)F. The molecule has 0 aliphatic rings. The van der Waals surface area contributed by atoms with Crippen LogP contribution in [0.1, 0.15) is 15.9 Å². The molecule has 0 spiro atoms. The lowest BCUT2D eigenvalue weighted by Crippen LogP contribution is -2.05. The summed E-state index contributed by atoms with van der Waals surface area (Å²) in [5.74, 6) is -1.17. The molecule has 0 fully saturated rings. The second-order valence-electron chi connectivity index (χ2n) is 2.56. The van der Waals surface area contributed by atoms with E-state index in [9.17, 15) is 13.6 Å². The van der Waals surface area contributed by atoms with Crippen molar-refractivity contribution < 1.29 is 18.7 Å². The largest absolute Gasteiger partial charge is 0.478 e. The molecule has 0 bridgehead atoms. The van der Waals surface area contributed by atoms with E-state index in [1.807, 2.05) is 0 Å². The molecular formula is C9H8F2O2. The van der Waals surface area contributed by atoms with Crippen molar-refractivity contribution >= 4 is 5.97 Å². The molecule has 1 rings (SSSR count). The Bertz CT molecular complexity index is 310. The minimum absolute atomic E-state index is 0.0530. The van der Waals surface area contributed by atoms with Crippen LogP contribution in [-0.2, 0) is 6.42 Å². The van der Waals surface area contributed by atoms with Gasteiger partial charge in [-0.05, 0) is 11.6 Å². The Morgan fingerprint density at radius 2 is 2.00 bits per heavy atom. The van der Waals surface area contributed by atoms with Crippen LogP contribution in [0.3, 0.4) is 0 Å². The average Bonchev–Trinajstić information content (AvgIpc) is 2.03. The van der Waals surface area contributed by atoms with E-state index in [1.54, 1.807) is 6.07 Å². The number of hydrogen-bond donors (Lipinski definition) is 1. The van der Waals surface area contributed by atoms with Crippen LogP contribution in [0, 0.1) is 0 Å². The number of rotatable bonds is 3. The molecule has 4 heteroatoms. The van der Waals surface area contributed by atoms with Gasteiger partial charge in [-0.3, -0.25) is 0 Å². The van der Waals surface area contributed by atoms with Crippen LogP contribution >= 0.6 is 0 Å².